The lowest BCUT2D eigenvalue weighted by atomic mass is 9.78. The Bertz CT molecular complexity index is 520. The van der Waals surface area contributed by atoms with Gasteiger partial charge in [-0.1, -0.05) is 69.9 Å². The van der Waals surface area contributed by atoms with Crippen LogP contribution in [0.2, 0.25) is 0 Å². The van der Waals surface area contributed by atoms with Gasteiger partial charge in [-0.25, -0.2) is 0 Å². The molecule has 0 saturated heterocycles. The maximum atomic E-state index is 13.1. The smallest absolute Gasteiger partial charge is 0.230 e. The highest BCUT2D eigenvalue weighted by atomic mass is 16.2. The van der Waals surface area contributed by atoms with E-state index in [1.807, 2.05) is 6.07 Å². The van der Waals surface area contributed by atoms with Crippen molar-refractivity contribution in [1.82, 2.24) is 5.32 Å². The van der Waals surface area contributed by atoms with Gasteiger partial charge in [-0.05, 0) is 49.0 Å². The number of carbonyl (C=O) groups excluding carboxylic acids is 1. The third-order valence-corrected chi connectivity index (χ3v) is 6.39. The van der Waals surface area contributed by atoms with Crippen molar-refractivity contribution < 1.29 is 4.79 Å². The zero-order valence-electron chi connectivity index (χ0n) is 15.4. The van der Waals surface area contributed by atoms with Crippen molar-refractivity contribution >= 4 is 5.91 Å². The highest BCUT2D eigenvalue weighted by Gasteiger charge is 2.42. The standard InChI is InChI=1S/C22H33NO/c1-17-10-11-18(2)15-19(14-17)16-23-21(24)22(12-6-7-13-22)20-8-4-3-5-9-20/h3-5,8-9,17-19H,6-7,10-16H2,1-2H3,(H,23,24). The molecule has 0 heterocycles. The molecule has 0 radical (unpaired) electrons. The molecule has 2 nitrogen and oxygen atoms in total. The van der Waals surface area contributed by atoms with Crippen molar-refractivity contribution in [1.29, 1.82) is 0 Å². The second-order valence-corrected chi connectivity index (χ2v) is 8.49. The van der Waals surface area contributed by atoms with Gasteiger partial charge in [-0.2, -0.15) is 0 Å². The SMILES string of the molecule is CC1CCC(C)CC(CNC(=O)C2(c3ccccc3)CCCC2)C1. The molecule has 1 aromatic rings. The summed E-state index contributed by atoms with van der Waals surface area (Å²) in [6.45, 7) is 5.60. The van der Waals surface area contributed by atoms with E-state index in [9.17, 15) is 4.79 Å². The van der Waals surface area contributed by atoms with Crippen LogP contribution < -0.4 is 5.32 Å². The van der Waals surface area contributed by atoms with Crippen molar-refractivity contribution in [3.05, 3.63) is 35.9 Å². The van der Waals surface area contributed by atoms with Crippen LogP contribution in [0.1, 0.15) is 70.8 Å². The van der Waals surface area contributed by atoms with Crippen LogP contribution in [-0.4, -0.2) is 12.5 Å². The highest BCUT2D eigenvalue weighted by molar-refractivity contribution is 5.88. The Morgan fingerprint density at radius 2 is 1.62 bits per heavy atom. The molecule has 2 heteroatoms. The first-order valence-electron chi connectivity index (χ1n) is 9.94. The molecule has 2 fully saturated rings. The summed E-state index contributed by atoms with van der Waals surface area (Å²) in [4.78, 5) is 13.1. The van der Waals surface area contributed by atoms with Crippen LogP contribution in [0.15, 0.2) is 30.3 Å². The molecule has 1 N–H and O–H groups in total. The average molecular weight is 328 g/mol. The second kappa shape index (κ2) is 7.72. The molecule has 2 unspecified atom stereocenters. The highest BCUT2D eigenvalue weighted by Crippen LogP contribution is 2.41. The van der Waals surface area contributed by atoms with E-state index in [2.05, 4.69) is 43.4 Å². The van der Waals surface area contributed by atoms with Gasteiger partial charge in [0.1, 0.15) is 0 Å². The molecule has 0 spiro atoms. The number of carbonyl (C=O) groups is 1. The van der Waals surface area contributed by atoms with Crippen molar-refractivity contribution in [2.75, 3.05) is 6.54 Å². The molecule has 1 amide bonds. The van der Waals surface area contributed by atoms with Gasteiger partial charge in [0.25, 0.3) is 0 Å². The average Bonchev–Trinajstić information content (AvgIpc) is 3.03. The zero-order chi connectivity index (χ0) is 17.0. The lowest BCUT2D eigenvalue weighted by molar-refractivity contribution is -0.126. The fraction of sp³-hybridized carbons (Fsp3) is 0.682. The molecule has 2 aliphatic carbocycles. The molecular formula is C22H33NO. The number of rotatable bonds is 4. The van der Waals surface area contributed by atoms with Gasteiger partial charge in [0.15, 0.2) is 0 Å². The molecule has 132 valence electrons. The number of hydrogen-bond acceptors (Lipinski definition) is 1. The summed E-state index contributed by atoms with van der Waals surface area (Å²) in [6.07, 6.45) is 9.56. The molecule has 2 saturated carbocycles. The van der Waals surface area contributed by atoms with E-state index in [1.54, 1.807) is 0 Å². The Balaban J connectivity index is 1.66. The Kier molecular flexibility index (Phi) is 5.63. The predicted octanol–water partition coefficient (Wildman–Crippen LogP) is 5.08. The van der Waals surface area contributed by atoms with Crippen LogP contribution >= 0.6 is 0 Å². The molecule has 2 aliphatic rings. The number of benzene rings is 1. The first-order chi connectivity index (χ1) is 11.6. The van der Waals surface area contributed by atoms with Crippen molar-refractivity contribution in [2.24, 2.45) is 17.8 Å². The third-order valence-electron chi connectivity index (χ3n) is 6.39. The lowest BCUT2D eigenvalue weighted by Crippen LogP contribution is -2.44. The largest absolute Gasteiger partial charge is 0.355 e. The fourth-order valence-corrected chi connectivity index (χ4v) is 4.99. The molecule has 1 aromatic carbocycles. The van der Waals surface area contributed by atoms with Gasteiger partial charge in [0.2, 0.25) is 5.91 Å². The predicted molar refractivity (Wildman–Crippen MR) is 99.9 cm³/mol. The van der Waals surface area contributed by atoms with E-state index in [-0.39, 0.29) is 11.3 Å². The number of amides is 1. The molecular weight excluding hydrogens is 294 g/mol. The van der Waals surface area contributed by atoms with Gasteiger partial charge in [-0.3, -0.25) is 4.79 Å². The van der Waals surface area contributed by atoms with E-state index in [1.165, 1.54) is 44.1 Å². The maximum absolute atomic E-state index is 13.1. The van der Waals surface area contributed by atoms with Crippen LogP contribution in [0.3, 0.4) is 0 Å². The second-order valence-electron chi connectivity index (χ2n) is 8.49. The summed E-state index contributed by atoms with van der Waals surface area (Å²) in [5, 5.41) is 3.36. The molecule has 0 aliphatic heterocycles. The Morgan fingerprint density at radius 1 is 1.04 bits per heavy atom. The lowest BCUT2D eigenvalue weighted by Gasteiger charge is -2.30. The van der Waals surface area contributed by atoms with E-state index in [0.717, 1.165) is 31.2 Å². The zero-order valence-corrected chi connectivity index (χ0v) is 15.4. The minimum atomic E-state index is -0.275. The van der Waals surface area contributed by atoms with Gasteiger partial charge >= 0.3 is 0 Å². The van der Waals surface area contributed by atoms with E-state index in [0.29, 0.717) is 5.92 Å². The van der Waals surface area contributed by atoms with Crippen LogP contribution in [-0.2, 0) is 10.2 Å². The molecule has 0 aromatic heterocycles. The van der Waals surface area contributed by atoms with Crippen LogP contribution in [0, 0.1) is 17.8 Å². The van der Waals surface area contributed by atoms with Crippen LogP contribution in [0.4, 0.5) is 0 Å². The van der Waals surface area contributed by atoms with Gasteiger partial charge in [0, 0.05) is 6.54 Å². The summed E-state index contributed by atoms with van der Waals surface area (Å²) in [5.41, 5.74) is 0.936. The molecule has 2 atom stereocenters. The summed E-state index contributed by atoms with van der Waals surface area (Å²) >= 11 is 0. The monoisotopic (exact) mass is 327 g/mol. The fourth-order valence-electron chi connectivity index (χ4n) is 4.99. The van der Waals surface area contributed by atoms with E-state index < -0.39 is 0 Å². The topological polar surface area (TPSA) is 29.1 Å². The molecule has 24 heavy (non-hydrogen) atoms. The van der Waals surface area contributed by atoms with Crippen LogP contribution in [0.25, 0.3) is 0 Å². The van der Waals surface area contributed by atoms with Crippen molar-refractivity contribution in [3.63, 3.8) is 0 Å². The van der Waals surface area contributed by atoms with Crippen molar-refractivity contribution in [3.8, 4) is 0 Å². The first-order valence-corrected chi connectivity index (χ1v) is 9.94. The molecule has 3 rings (SSSR count). The Labute approximate surface area is 147 Å². The Hall–Kier alpha value is -1.31. The minimum absolute atomic E-state index is 0.274. The van der Waals surface area contributed by atoms with Gasteiger partial charge in [0.05, 0.1) is 5.41 Å². The summed E-state index contributed by atoms with van der Waals surface area (Å²) in [7, 11) is 0. The van der Waals surface area contributed by atoms with Crippen LogP contribution in [0.5, 0.6) is 0 Å². The number of nitrogens with one attached hydrogen (secondary N) is 1. The van der Waals surface area contributed by atoms with Crippen molar-refractivity contribution in [2.45, 2.75) is 70.6 Å². The summed E-state index contributed by atoms with van der Waals surface area (Å²) in [5.74, 6) is 2.52. The summed E-state index contributed by atoms with van der Waals surface area (Å²) in [6, 6.07) is 10.5. The quantitative estimate of drug-likeness (QED) is 0.768. The minimum Gasteiger partial charge on any atom is -0.355 e. The first kappa shape index (κ1) is 17.5. The normalized spacial score (nSPS) is 29.8. The molecule has 0 bridgehead atoms. The van der Waals surface area contributed by atoms with E-state index >= 15 is 0 Å². The van der Waals surface area contributed by atoms with E-state index in [4.69, 9.17) is 0 Å². The summed E-state index contributed by atoms with van der Waals surface area (Å²) < 4.78 is 0. The Morgan fingerprint density at radius 3 is 2.21 bits per heavy atom. The van der Waals surface area contributed by atoms with Gasteiger partial charge < -0.3 is 5.32 Å². The number of hydrogen-bond donors (Lipinski definition) is 1. The van der Waals surface area contributed by atoms with Gasteiger partial charge in [-0.15, -0.1) is 0 Å². The maximum Gasteiger partial charge on any atom is 0.230 e. The third kappa shape index (κ3) is 3.84.